The van der Waals surface area contributed by atoms with E-state index in [0.717, 1.165) is 10.5 Å². The van der Waals surface area contributed by atoms with Crippen LogP contribution in [0, 0.1) is 0 Å². The van der Waals surface area contributed by atoms with Crippen molar-refractivity contribution < 1.29 is 0 Å². The predicted octanol–water partition coefficient (Wildman–Crippen LogP) is 7.06. The monoisotopic (exact) mass is 412 g/mol. The number of thioether (sulfide) groups is 8. The van der Waals surface area contributed by atoms with Gasteiger partial charge in [0.1, 0.15) is 0 Å². The van der Waals surface area contributed by atoms with Gasteiger partial charge < -0.3 is 0 Å². The highest BCUT2D eigenvalue weighted by Crippen LogP contribution is 2.68. The predicted molar refractivity (Wildman–Crippen MR) is 110 cm³/mol. The summed E-state index contributed by atoms with van der Waals surface area (Å²) in [7, 11) is 0. The molecule has 0 aromatic rings. The number of hydrogen-bond acceptors (Lipinski definition) is 8. The third-order valence-corrected chi connectivity index (χ3v) is 15.6. The quantitative estimate of drug-likeness (QED) is 0.409. The van der Waals surface area contributed by atoms with Gasteiger partial charge in [-0.15, -0.1) is 47.0 Å². The standard InChI is InChI=1S/C12H12S8/c1-5-6(2)16-10-9(15-5)19-12(20-10)11-17-7-8(18-11)14-4-3-13-7/h5-6H,3-4H2,1-2H3. The van der Waals surface area contributed by atoms with Crippen LogP contribution in [0.15, 0.2) is 25.4 Å². The fourth-order valence-electron chi connectivity index (χ4n) is 1.83. The zero-order valence-corrected chi connectivity index (χ0v) is 17.4. The Morgan fingerprint density at radius 2 is 1.00 bits per heavy atom. The first-order valence-corrected chi connectivity index (χ1v) is 13.2. The molecule has 4 aliphatic rings. The molecule has 108 valence electrons. The van der Waals surface area contributed by atoms with Crippen molar-refractivity contribution in [3.05, 3.63) is 25.4 Å². The second-order valence-electron chi connectivity index (χ2n) is 4.48. The highest BCUT2D eigenvalue weighted by atomic mass is 32.3. The SMILES string of the molecule is CC1SC2=C(SC(=C3SC4=C(SCCS4)S3)S2)SC1C. The summed E-state index contributed by atoms with van der Waals surface area (Å²) in [6.07, 6.45) is 0. The lowest BCUT2D eigenvalue weighted by Crippen LogP contribution is -2.14. The molecule has 0 saturated heterocycles. The van der Waals surface area contributed by atoms with Gasteiger partial charge >= 0.3 is 0 Å². The summed E-state index contributed by atoms with van der Waals surface area (Å²) in [6.45, 7) is 4.71. The van der Waals surface area contributed by atoms with Gasteiger partial charge in [-0.2, -0.15) is 0 Å². The molecule has 0 aliphatic carbocycles. The van der Waals surface area contributed by atoms with Crippen molar-refractivity contribution in [3.8, 4) is 0 Å². The van der Waals surface area contributed by atoms with Crippen LogP contribution >= 0.6 is 94.1 Å². The van der Waals surface area contributed by atoms with E-state index in [9.17, 15) is 0 Å². The zero-order chi connectivity index (χ0) is 13.7. The van der Waals surface area contributed by atoms with Crippen molar-refractivity contribution in [1.29, 1.82) is 0 Å². The highest BCUT2D eigenvalue weighted by Gasteiger charge is 2.35. The summed E-state index contributed by atoms with van der Waals surface area (Å²) in [5, 5.41) is 1.47. The molecule has 0 aromatic carbocycles. The van der Waals surface area contributed by atoms with Gasteiger partial charge in [0.2, 0.25) is 0 Å². The Balaban J connectivity index is 1.52. The van der Waals surface area contributed by atoms with E-state index in [-0.39, 0.29) is 0 Å². The zero-order valence-electron chi connectivity index (χ0n) is 10.8. The molecular formula is C12H12S8. The molecule has 8 heteroatoms. The summed E-state index contributed by atoms with van der Waals surface area (Å²) in [4.78, 5) is 0. The van der Waals surface area contributed by atoms with Crippen LogP contribution in [0.1, 0.15) is 13.8 Å². The van der Waals surface area contributed by atoms with Gasteiger partial charge in [-0.3, -0.25) is 0 Å². The average molecular weight is 413 g/mol. The molecule has 0 amide bonds. The minimum Gasteiger partial charge on any atom is -0.116 e. The third-order valence-electron chi connectivity index (χ3n) is 3.04. The molecule has 0 saturated carbocycles. The fraction of sp³-hybridized carbons (Fsp3) is 0.500. The second-order valence-corrected chi connectivity index (χ2v) is 15.1. The van der Waals surface area contributed by atoms with E-state index in [1.165, 1.54) is 20.0 Å². The highest BCUT2D eigenvalue weighted by molar-refractivity contribution is 8.45. The Morgan fingerprint density at radius 1 is 0.600 bits per heavy atom. The molecular weight excluding hydrogens is 401 g/mol. The van der Waals surface area contributed by atoms with Gasteiger partial charge in [0.25, 0.3) is 0 Å². The van der Waals surface area contributed by atoms with Crippen molar-refractivity contribution in [2.45, 2.75) is 24.3 Å². The first-order chi connectivity index (χ1) is 9.70. The summed E-state index contributed by atoms with van der Waals surface area (Å²) >= 11 is 16.3. The molecule has 0 nitrogen and oxygen atoms in total. The van der Waals surface area contributed by atoms with Crippen molar-refractivity contribution in [2.24, 2.45) is 0 Å². The van der Waals surface area contributed by atoms with Crippen LogP contribution in [0.2, 0.25) is 0 Å². The van der Waals surface area contributed by atoms with Gasteiger partial charge in [0.15, 0.2) is 0 Å². The maximum atomic E-state index is 2.36. The smallest absolute Gasteiger partial charge is 0.0717 e. The molecule has 2 unspecified atom stereocenters. The van der Waals surface area contributed by atoms with E-state index in [2.05, 4.69) is 37.4 Å². The van der Waals surface area contributed by atoms with Gasteiger partial charge in [0.05, 0.1) is 25.4 Å². The van der Waals surface area contributed by atoms with Gasteiger partial charge in [0, 0.05) is 22.0 Å². The Morgan fingerprint density at radius 3 is 1.45 bits per heavy atom. The molecule has 0 bridgehead atoms. The lowest BCUT2D eigenvalue weighted by molar-refractivity contribution is 0.931. The largest absolute Gasteiger partial charge is 0.116 e. The second kappa shape index (κ2) is 6.49. The van der Waals surface area contributed by atoms with Crippen LogP contribution in [0.25, 0.3) is 0 Å². The molecule has 20 heavy (non-hydrogen) atoms. The van der Waals surface area contributed by atoms with Gasteiger partial charge in [-0.05, 0) is 0 Å². The van der Waals surface area contributed by atoms with Crippen LogP contribution < -0.4 is 0 Å². The van der Waals surface area contributed by atoms with Gasteiger partial charge in [-0.25, -0.2) is 0 Å². The van der Waals surface area contributed by atoms with Crippen molar-refractivity contribution in [2.75, 3.05) is 11.5 Å². The molecule has 0 N–H and O–H groups in total. The lowest BCUT2D eigenvalue weighted by atomic mass is 10.4. The maximum absolute atomic E-state index is 2.36. The van der Waals surface area contributed by atoms with Crippen LogP contribution in [-0.2, 0) is 0 Å². The van der Waals surface area contributed by atoms with Crippen LogP contribution in [0.4, 0.5) is 0 Å². The van der Waals surface area contributed by atoms with E-state index in [1.54, 1.807) is 16.9 Å². The minimum atomic E-state index is 0.734. The molecule has 4 rings (SSSR count). The molecule has 4 aliphatic heterocycles. The Bertz CT molecular complexity index is 502. The van der Waals surface area contributed by atoms with E-state index >= 15 is 0 Å². The summed E-state index contributed by atoms with van der Waals surface area (Å²) in [5.41, 5.74) is 0. The summed E-state index contributed by atoms with van der Waals surface area (Å²) in [6, 6.07) is 0. The fourth-order valence-corrected chi connectivity index (χ4v) is 14.5. The molecule has 0 aromatic heterocycles. The summed E-state index contributed by atoms with van der Waals surface area (Å²) < 4.78 is 9.28. The van der Waals surface area contributed by atoms with Crippen LogP contribution in [-0.4, -0.2) is 22.0 Å². The molecule has 2 atom stereocenters. The van der Waals surface area contributed by atoms with E-state index in [0.29, 0.717) is 0 Å². The van der Waals surface area contributed by atoms with Crippen LogP contribution in [0.5, 0.6) is 0 Å². The number of hydrogen-bond donors (Lipinski definition) is 0. The average Bonchev–Trinajstić information content (AvgIpc) is 3.02. The van der Waals surface area contributed by atoms with Crippen LogP contribution in [0.3, 0.4) is 0 Å². The Labute approximate surface area is 154 Å². The normalized spacial score (nSPS) is 33.9. The van der Waals surface area contributed by atoms with E-state index < -0.39 is 0 Å². The Kier molecular flexibility index (Phi) is 5.05. The molecule has 0 spiro atoms. The Hall–Kier alpha value is 2.02. The van der Waals surface area contributed by atoms with Crippen molar-refractivity contribution in [1.82, 2.24) is 0 Å². The third kappa shape index (κ3) is 3.01. The molecule has 4 heterocycles. The molecule has 0 fully saturated rings. The van der Waals surface area contributed by atoms with E-state index in [1.807, 2.05) is 70.6 Å². The van der Waals surface area contributed by atoms with E-state index in [4.69, 9.17) is 0 Å². The lowest BCUT2D eigenvalue weighted by Gasteiger charge is -2.24. The number of rotatable bonds is 0. The van der Waals surface area contributed by atoms with Crippen molar-refractivity contribution >= 4 is 94.1 Å². The van der Waals surface area contributed by atoms with Crippen molar-refractivity contribution in [3.63, 3.8) is 0 Å². The topological polar surface area (TPSA) is 0 Å². The maximum Gasteiger partial charge on any atom is 0.0717 e. The summed E-state index contributed by atoms with van der Waals surface area (Å²) in [5.74, 6) is 2.55. The minimum absolute atomic E-state index is 0.734. The first kappa shape index (κ1) is 15.5. The van der Waals surface area contributed by atoms with Gasteiger partial charge in [-0.1, -0.05) is 60.9 Å². The first-order valence-electron chi connectivity index (χ1n) is 6.24. The molecule has 0 radical (unpaired) electrons.